The molecule has 2 atom stereocenters. The molecule has 0 spiro atoms. The molecule has 0 amide bonds. The van der Waals surface area contributed by atoms with Gasteiger partial charge in [-0.05, 0) is 40.8 Å². The van der Waals surface area contributed by atoms with Crippen molar-refractivity contribution in [2.45, 2.75) is 43.0 Å². The lowest BCUT2D eigenvalue weighted by atomic mass is 9.74. The van der Waals surface area contributed by atoms with Gasteiger partial charge in [0.25, 0.3) is 0 Å². The highest BCUT2D eigenvalue weighted by Crippen LogP contribution is 2.34. The average molecular weight is 362 g/mol. The Labute approximate surface area is 128 Å². The number of sulfonamides is 1. The molecule has 20 heavy (non-hydrogen) atoms. The predicted molar refractivity (Wildman–Crippen MR) is 81.7 cm³/mol. The standard InChI is InChI=1S/C13H20BrN3O2S/c1-10-4-2-3-5-13(10,9-15)17-20(18,19)12-6-11(14)7-16-8-12/h6-8,10,17H,2-5,9,15H2,1H3. The minimum Gasteiger partial charge on any atom is -0.329 e. The van der Waals surface area contributed by atoms with Crippen LogP contribution in [0, 0.1) is 5.92 Å². The van der Waals surface area contributed by atoms with Crippen molar-refractivity contribution in [3.63, 3.8) is 0 Å². The number of nitrogens with two attached hydrogens (primary N) is 1. The van der Waals surface area contributed by atoms with Crippen LogP contribution in [0.1, 0.15) is 32.6 Å². The second kappa shape index (κ2) is 6.09. The first-order valence-electron chi connectivity index (χ1n) is 6.74. The largest absolute Gasteiger partial charge is 0.329 e. The summed E-state index contributed by atoms with van der Waals surface area (Å²) in [4.78, 5) is 4.08. The van der Waals surface area contributed by atoms with E-state index in [0.717, 1.165) is 25.7 Å². The summed E-state index contributed by atoms with van der Waals surface area (Å²) in [6.07, 6.45) is 6.82. The maximum atomic E-state index is 12.5. The van der Waals surface area contributed by atoms with E-state index in [0.29, 0.717) is 11.0 Å². The second-order valence-electron chi connectivity index (χ2n) is 5.45. The van der Waals surface area contributed by atoms with Crippen molar-refractivity contribution < 1.29 is 8.42 Å². The Balaban J connectivity index is 2.30. The molecule has 0 aromatic carbocycles. The van der Waals surface area contributed by atoms with E-state index in [-0.39, 0.29) is 10.8 Å². The molecule has 1 aromatic heterocycles. The van der Waals surface area contributed by atoms with Crippen molar-refractivity contribution in [3.05, 3.63) is 22.9 Å². The fraction of sp³-hybridized carbons (Fsp3) is 0.615. The third-order valence-electron chi connectivity index (χ3n) is 4.15. The Kier molecular flexibility index (Phi) is 4.84. The molecular formula is C13H20BrN3O2S. The van der Waals surface area contributed by atoms with Crippen molar-refractivity contribution >= 4 is 26.0 Å². The Bertz CT molecular complexity index is 579. The first kappa shape index (κ1) is 15.9. The Morgan fingerprint density at radius 2 is 2.25 bits per heavy atom. The SMILES string of the molecule is CC1CCCCC1(CN)NS(=O)(=O)c1cncc(Br)c1. The molecule has 1 saturated carbocycles. The molecule has 3 N–H and O–H groups in total. The maximum Gasteiger partial charge on any atom is 0.242 e. The van der Waals surface area contributed by atoms with E-state index in [2.05, 4.69) is 32.6 Å². The number of rotatable bonds is 4. The van der Waals surface area contributed by atoms with Crippen LogP contribution in [0.15, 0.2) is 27.8 Å². The zero-order chi connectivity index (χ0) is 14.8. The number of nitrogens with one attached hydrogen (secondary N) is 1. The van der Waals surface area contributed by atoms with E-state index in [1.807, 2.05) is 0 Å². The lowest BCUT2D eigenvalue weighted by Crippen LogP contribution is -2.58. The predicted octanol–water partition coefficient (Wildman–Crippen LogP) is 2.03. The number of halogens is 1. The molecule has 7 heteroatoms. The lowest BCUT2D eigenvalue weighted by Gasteiger charge is -2.42. The van der Waals surface area contributed by atoms with E-state index in [9.17, 15) is 8.42 Å². The Morgan fingerprint density at radius 1 is 1.50 bits per heavy atom. The lowest BCUT2D eigenvalue weighted by molar-refractivity contribution is 0.191. The number of pyridine rings is 1. The fourth-order valence-corrected chi connectivity index (χ4v) is 4.81. The quantitative estimate of drug-likeness (QED) is 0.858. The smallest absolute Gasteiger partial charge is 0.242 e. The first-order chi connectivity index (χ1) is 9.39. The molecule has 0 aliphatic heterocycles. The monoisotopic (exact) mass is 361 g/mol. The van der Waals surface area contributed by atoms with E-state index < -0.39 is 15.6 Å². The van der Waals surface area contributed by atoms with E-state index in [1.54, 1.807) is 12.3 Å². The van der Waals surface area contributed by atoms with Crippen LogP contribution in [0.4, 0.5) is 0 Å². The van der Waals surface area contributed by atoms with Gasteiger partial charge in [-0.1, -0.05) is 19.8 Å². The zero-order valence-electron chi connectivity index (χ0n) is 11.5. The summed E-state index contributed by atoms with van der Waals surface area (Å²) >= 11 is 3.24. The highest BCUT2D eigenvalue weighted by Gasteiger charge is 2.40. The third-order valence-corrected chi connectivity index (χ3v) is 6.10. The summed E-state index contributed by atoms with van der Waals surface area (Å²) in [7, 11) is -3.61. The number of aromatic nitrogens is 1. The van der Waals surface area contributed by atoms with Crippen LogP contribution < -0.4 is 10.5 Å². The molecule has 1 aromatic rings. The molecule has 1 heterocycles. The van der Waals surface area contributed by atoms with Crippen LogP contribution >= 0.6 is 15.9 Å². The van der Waals surface area contributed by atoms with Crippen molar-refractivity contribution in [2.75, 3.05) is 6.54 Å². The molecule has 0 saturated heterocycles. The van der Waals surface area contributed by atoms with Crippen LogP contribution in [-0.4, -0.2) is 25.5 Å². The van der Waals surface area contributed by atoms with E-state index in [1.165, 1.54) is 6.20 Å². The van der Waals surface area contributed by atoms with Gasteiger partial charge in [-0.25, -0.2) is 13.1 Å². The molecule has 112 valence electrons. The van der Waals surface area contributed by atoms with Gasteiger partial charge in [0.1, 0.15) is 4.90 Å². The van der Waals surface area contributed by atoms with Crippen molar-refractivity contribution in [1.29, 1.82) is 0 Å². The molecule has 2 unspecified atom stereocenters. The summed E-state index contributed by atoms with van der Waals surface area (Å²) < 4.78 is 28.5. The average Bonchev–Trinajstić information content (AvgIpc) is 2.41. The molecule has 2 rings (SSSR count). The van der Waals surface area contributed by atoms with Crippen LogP contribution in [0.25, 0.3) is 0 Å². The normalized spacial score (nSPS) is 27.4. The van der Waals surface area contributed by atoms with Gasteiger partial charge < -0.3 is 5.73 Å². The Hall–Kier alpha value is -0.500. The first-order valence-corrected chi connectivity index (χ1v) is 9.02. The highest BCUT2D eigenvalue weighted by atomic mass is 79.9. The zero-order valence-corrected chi connectivity index (χ0v) is 13.9. The molecule has 1 aliphatic rings. The van der Waals surface area contributed by atoms with Crippen LogP contribution in [0.3, 0.4) is 0 Å². The van der Waals surface area contributed by atoms with E-state index >= 15 is 0 Å². The minimum absolute atomic E-state index is 0.164. The van der Waals surface area contributed by atoms with E-state index in [4.69, 9.17) is 5.73 Å². The van der Waals surface area contributed by atoms with Gasteiger partial charge in [-0.2, -0.15) is 0 Å². The number of nitrogens with zero attached hydrogens (tertiary/aromatic N) is 1. The minimum atomic E-state index is -3.61. The van der Waals surface area contributed by atoms with Gasteiger partial charge >= 0.3 is 0 Å². The highest BCUT2D eigenvalue weighted by molar-refractivity contribution is 9.10. The second-order valence-corrected chi connectivity index (χ2v) is 8.05. The summed E-state index contributed by atoms with van der Waals surface area (Å²) in [5, 5.41) is 0. The molecule has 1 aliphatic carbocycles. The molecule has 0 radical (unpaired) electrons. The van der Waals surface area contributed by atoms with Gasteiger partial charge in [0, 0.05) is 29.0 Å². The summed E-state index contributed by atoms with van der Waals surface area (Å²) in [6, 6.07) is 1.55. The van der Waals surface area contributed by atoms with Gasteiger partial charge in [0.15, 0.2) is 0 Å². The van der Waals surface area contributed by atoms with Gasteiger partial charge in [-0.3, -0.25) is 4.98 Å². The molecular weight excluding hydrogens is 342 g/mol. The number of hydrogen-bond donors (Lipinski definition) is 2. The number of hydrogen-bond acceptors (Lipinski definition) is 4. The fourth-order valence-electron chi connectivity index (χ4n) is 2.78. The van der Waals surface area contributed by atoms with Gasteiger partial charge in [0.05, 0.1) is 0 Å². The van der Waals surface area contributed by atoms with Crippen molar-refractivity contribution in [2.24, 2.45) is 11.7 Å². The van der Waals surface area contributed by atoms with Crippen molar-refractivity contribution in [3.8, 4) is 0 Å². The summed E-state index contributed by atoms with van der Waals surface area (Å²) in [5.74, 6) is 0.233. The molecule has 0 bridgehead atoms. The summed E-state index contributed by atoms with van der Waals surface area (Å²) in [5.41, 5.74) is 5.35. The van der Waals surface area contributed by atoms with Crippen molar-refractivity contribution in [1.82, 2.24) is 9.71 Å². The molecule has 5 nitrogen and oxygen atoms in total. The molecule has 1 fully saturated rings. The van der Waals surface area contributed by atoms with Crippen LogP contribution in [-0.2, 0) is 10.0 Å². The Morgan fingerprint density at radius 3 is 2.85 bits per heavy atom. The van der Waals surface area contributed by atoms with Crippen LogP contribution in [0.5, 0.6) is 0 Å². The van der Waals surface area contributed by atoms with Crippen LogP contribution in [0.2, 0.25) is 0 Å². The van der Waals surface area contributed by atoms with Gasteiger partial charge in [-0.15, -0.1) is 0 Å². The third kappa shape index (κ3) is 3.21. The van der Waals surface area contributed by atoms with Gasteiger partial charge in [0.2, 0.25) is 10.0 Å². The maximum absolute atomic E-state index is 12.5. The topological polar surface area (TPSA) is 85.1 Å². The summed E-state index contributed by atoms with van der Waals surface area (Å²) in [6.45, 7) is 2.38.